The minimum atomic E-state index is -1.59. The maximum atomic E-state index is 9.56. The molecule has 0 rings (SSSR count). The van der Waals surface area contributed by atoms with Crippen molar-refractivity contribution in [2.24, 2.45) is 0 Å². The zero-order chi connectivity index (χ0) is 20.6. The van der Waals surface area contributed by atoms with E-state index in [4.69, 9.17) is 15.3 Å². The maximum absolute atomic E-state index is 9.56. The first-order chi connectivity index (χ1) is 10.6. The van der Waals surface area contributed by atoms with Gasteiger partial charge in [0.05, 0.1) is 36.2 Å². The fourth-order valence-electron chi connectivity index (χ4n) is 0. The van der Waals surface area contributed by atoms with Crippen LogP contribution in [0, 0.1) is 0 Å². The molecule has 14 heteroatoms. The van der Waals surface area contributed by atoms with Crippen LogP contribution in [-0.4, -0.2) is 63.6 Å². The van der Waals surface area contributed by atoms with Crippen LogP contribution in [-0.2, 0) is 40.9 Å². The first-order valence-electron chi connectivity index (χ1n) is 6.11. The van der Waals surface area contributed by atoms with Crippen molar-refractivity contribution in [2.75, 3.05) is 0 Å². The van der Waals surface area contributed by atoms with Crippen LogP contribution in [0.4, 0.5) is 0 Å². The largest absolute Gasteiger partial charge is 4.00 e. The molecule has 12 nitrogen and oxygen atoms in total. The van der Waals surface area contributed by atoms with E-state index in [9.17, 15) is 44.7 Å². The topological polar surface area (TPSA) is 244 Å². The average Bonchev–Trinajstić information content (AvgIpc) is 2.40. The number of carbonyl (C=O) groups excluding carboxylic acids is 4. The van der Waals surface area contributed by atoms with Gasteiger partial charge in [0, 0.05) is 5.97 Å². The number of carboxylic acids is 4. The minimum Gasteiger partial charge on any atom is -0.848 e. The van der Waals surface area contributed by atoms with E-state index in [1.807, 2.05) is 0 Å². The molecule has 0 saturated carbocycles. The Labute approximate surface area is 186 Å². The third kappa shape index (κ3) is 49.5. The summed E-state index contributed by atoms with van der Waals surface area (Å²) in [6, 6.07) is 0. The molecule has 0 aliphatic heterocycles. The summed E-state index contributed by atoms with van der Waals surface area (Å²) in [5, 5.41) is 70.8. The summed E-state index contributed by atoms with van der Waals surface area (Å²) in [6.07, 6.45) is -5.62. The van der Waals surface area contributed by atoms with Gasteiger partial charge in [0.25, 0.3) is 0 Å². The smallest absolute Gasteiger partial charge is 0.848 e. The van der Waals surface area contributed by atoms with Gasteiger partial charge in [-0.05, 0) is 20.8 Å². The Morgan fingerprint density at radius 1 is 0.615 bits per heavy atom. The van der Waals surface area contributed by atoms with E-state index in [0.29, 0.717) is 0 Å². The summed E-state index contributed by atoms with van der Waals surface area (Å²) < 4.78 is 0. The van der Waals surface area contributed by atoms with Gasteiger partial charge in [0.15, 0.2) is 0 Å². The van der Waals surface area contributed by atoms with Crippen LogP contribution >= 0.6 is 0 Å². The number of carbonyl (C=O) groups is 4. The fourth-order valence-corrected chi connectivity index (χ4v) is 0. The monoisotopic (exact) mass is 426 g/mol. The molecule has 0 aromatic carbocycles. The SMILES string of the molecule is CC(O)C(=O)[O-].CC(O)C(=O)[O-].CC(O)C(=O)[O-].CC([O-])C(=O)[O-].[Na+].[Ti+4]. The number of aliphatic hydroxyl groups is 3. The van der Waals surface area contributed by atoms with Gasteiger partial charge in [0.1, 0.15) is 0 Å². The first-order valence-corrected chi connectivity index (χ1v) is 6.11. The molecule has 0 saturated heterocycles. The Bertz CT molecular complexity index is 312. The van der Waals surface area contributed by atoms with Crippen molar-refractivity contribution in [3.63, 3.8) is 0 Å². The van der Waals surface area contributed by atoms with E-state index in [-0.39, 0.29) is 51.3 Å². The molecule has 0 aromatic heterocycles. The van der Waals surface area contributed by atoms with Crippen molar-refractivity contribution in [1.29, 1.82) is 0 Å². The molecule has 0 aliphatic carbocycles. The van der Waals surface area contributed by atoms with E-state index in [1.54, 1.807) is 0 Å². The van der Waals surface area contributed by atoms with E-state index in [0.717, 1.165) is 27.7 Å². The number of aliphatic hydroxyl groups excluding tert-OH is 3. The summed E-state index contributed by atoms with van der Waals surface area (Å²) in [4.78, 5) is 37.3. The molecular formula is C12H19NaO12Ti. The number of aliphatic carboxylic acids is 4. The third-order valence-electron chi connectivity index (χ3n) is 1.36. The van der Waals surface area contributed by atoms with Crippen LogP contribution in [0.1, 0.15) is 27.7 Å². The van der Waals surface area contributed by atoms with Gasteiger partial charge in [-0.3, -0.25) is 0 Å². The Kier molecular flexibility index (Phi) is 37.8. The molecule has 0 aromatic rings. The number of hydrogen-bond donors (Lipinski definition) is 3. The van der Waals surface area contributed by atoms with Gasteiger partial charge in [-0.1, -0.05) is 13.0 Å². The Morgan fingerprint density at radius 2 is 0.692 bits per heavy atom. The van der Waals surface area contributed by atoms with E-state index < -0.39 is 48.3 Å². The number of rotatable bonds is 4. The van der Waals surface area contributed by atoms with Crippen molar-refractivity contribution >= 4 is 23.9 Å². The molecular weight excluding hydrogens is 407 g/mol. The van der Waals surface area contributed by atoms with Gasteiger partial charge >= 0.3 is 51.3 Å². The number of carboxylic acid groups (broad SMARTS) is 4. The second-order valence-corrected chi connectivity index (χ2v) is 3.95. The molecule has 3 N–H and O–H groups in total. The summed E-state index contributed by atoms with van der Waals surface area (Å²) in [5.74, 6) is -5.85. The summed E-state index contributed by atoms with van der Waals surface area (Å²) in [6.45, 7) is 4.43. The van der Waals surface area contributed by atoms with Crippen LogP contribution in [0.15, 0.2) is 0 Å². The summed E-state index contributed by atoms with van der Waals surface area (Å²) >= 11 is 0. The second kappa shape index (κ2) is 24.4. The van der Waals surface area contributed by atoms with Gasteiger partial charge in [-0.15, -0.1) is 0 Å². The van der Waals surface area contributed by atoms with Gasteiger partial charge in [0.2, 0.25) is 0 Å². The molecule has 4 unspecified atom stereocenters. The molecule has 0 radical (unpaired) electrons. The molecule has 0 amide bonds. The molecule has 0 fully saturated rings. The van der Waals surface area contributed by atoms with Crippen molar-refractivity contribution < 1.29 is 111 Å². The van der Waals surface area contributed by atoms with Crippen molar-refractivity contribution in [3.05, 3.63) is 0 Å². The molecule has 0 heterocycles. The zero-order valence-electron chi connectivity index (χ0n) is 14.8. The summed E-state index contributed by atoms with van der Waals surface area (Å²) in [7, 11) is 0. The van der Waals surface area contributed by atoms with Crippen LogP contribution < -0.4 is 55.1 Å². The molecule has 0 bridgehead atoms. The fraction of sp³-hybridized carbons (Fsp3) is 0.667. The maximum Gasteiger partial charge on any atom is 4.00 e. The van der Waals surface area contributed by atoms with E-state index in [1.165, 1.54) is 0 Å². The predicted octanol–water partition coefficient (Wildman–Crippen LogP) is -11.2. The average molecular weight is 426 g/mol. The minimum absolute atomic E-state index is 0. The molecule has 26 heavy (non-hydrogen) atoms. The standard InChI is InChI=1S/3C3H6O3.C3H5O3.Na.Ti/c4*1-2(4)3(5)6;;/h3*2,4H,1H3,(H,5,6);2H,1H3,(H,5,6);;/q;;;-1;+1;+4/p-4. The Balaban J connectivity index is -0.0000000500. The second-order valence-electron chi connectivity index (χ2n) is 3.95. The first kappa shape index (κ1) is 40.2. The molecule has 0 spiro atoms. The Morgan fingerprint density at radius 3 is 0.692 bits per heavy atom. The molecule has 4 atom stereocenters. The van der Waals surface area contributed by atoms with Crippen molar-refractivity contribution in [3.8, 4) is 0 Å². The zero-order valence-corrected chi connectivity index (χ0v) is 18.4. The quantitative estimate of drug-likeness (QED) is 0.355. The summed E-state index contributed by atoms with van der Waals surface area (Å²) in [5.41, 5.74) is 0. The normalized spacial score (nSPS) is 12.6. The van der Waals surface area contributed by atoms with Crippen molar-refractivity contribution in [2.45, 2.75) is 52.1 Å². The predicted molar refractivity (Wildman–Crippen MR) is 64.5 cm³/mol. The van der Waals surface area contributed by atoms with Gasteiger partial charge in [-0.2, -0.15) is 0 Å². The van der Waals surface area contributed by atoms with Gasteiger partial charge < -0.3 is 60.0 Å². The van der Waals surface area contributed by atoms with Crippen LogP contribution in [0.5, 0.6) is 0 Å². The van der Waals surface area contributed by atoms with E-state index in [2.05, 4.69) is 0 Å². The molecule has 144 valence electrons. The third-order valence-corrected chi connectivity index (χ3v) is 1.36. The van der Waals surface area contributed by atoms with E-state index >= 15 is 0 Å². The van der Waals surface area contributed by atoms with Crippen LogP contribution in [0.3, 0.4) is 0 Å². The Hall–Kier alpha value is -0.566. The number of hydrogen-bond acceptors (Lipinski definition) is 12. The van der Waals surface area contributed by atoms with Crippen LogP contribution in [0.25, 0.3) is 0 Å². The van der Waals surface area contributed by atoms with Crippen molar-refractivity contribution in [1.82, 2.24) is 0 Å². The van der Waals surface area contributed by atoms with Gasteiger partial charge in [-0.25, -0.2) is 0 Å². The molecule has 0 aliphatic rings. The van der Waals surface area contributed by atoms with Crippen LogP contribution in [0.2, 0.25) is 0 Å².